The van der Waals surface area contributed by atoms with Gasteiger partial charge in [0, 0.05) is 23.3 Å². The van der Waals surface area contributed by atoms with Crippen LogP contribution in [0.4, 0.5) is 5.69 Å². The van der Waals surface area contributed by atoms with Gasteiger partial charge in [0.25, 0.3) is 0 Å². The number of carbonyl (C=O) groups excluding carboxylic acids is 1. The second-order valence-corrected chi connectivity index (χ2v) is 9.75. The molecule has 0 aliphatic carbocycles. The minimum Gasteiger partial charge on any atom is -0.306 e. The molecule has 0 bridgehead atoms. The fourth-order valence-electron chi connectivity index (χ4n) is 4.08. The monoisotopic (exact) mass is 404 g/mol. The molecular weight excluding hydrogens is 384 g/mol. The van der Waals surface area contributed by atoms with Crippen molar-refractivity contribution >= 4 is 33.0 Å². The number of piperazine rings is 1. The van der Waals surface area contributed by atoms with Crippen LogP contribution in [0.2, 0.25) is 5.02 Å². The van der Waals surface area contributed by atoms with E-state index in [4.69, 9.17) is 11.6 Å². The average Bonchev–Trinajstić information content (AvgIpc) is 2.95. The number of amides is 1. The van der Waals surface area contributed by atoms with E-state index in [2.05, 4.69) is 0 Å². The van der Waals surface area contributed by atoms with Gasteiger partial charge in [0.05, 0.1) is 24.1 Å². The standard InChI is InChI=1S/C20H21ClN2O3S/c21-16-7-4-8-17(11-16)23-19-14-27(25,26)13-18(19)22(12-20(23)24)10-9-15-5-2-1-3-6-15/h1-8,11,18-19H,9-10,12-14H2/t18-,19+/m1/s1. The highest BCUT2D eigenvalue weighted by Crippen LogP contribution is 2.32. The molecule has 2 aromatic carbocycles. The van der Waals surface area contributed by atoms with Crippen molar-refractivity contribution in [2.24, 2.45) is 0 Å². The Morgan fingerprint density at radius 1 is 1.00 bits per heavy atom. The zero-order chi connectivity index (χ0) is 19.0. The van der Waals surface area contributed by atoms with E-state index in [9.17, 15) is 13.2 Å². The molecule has 1 amide bonds. The number of hydrogen-bond acceptors (Lipinski definition) is 4. The molecule has 0 N–H and O–H groups in total. The molecule has 2 heterocycles. The van der Waals surface area contributed by atoms with Crippen LogP contribution in [0.25, 0.3) is 0 Å². The van der Waals surface area contributed by atoms with Gasteiger partial charge in [0.15, 0.2) is 9.84 Å². The van der Waals surface area contributed by atoms with Gasteiger partial charge in [-0.05, 0) is 30.2 Å². The SMILES string of the molecule is O=C1CN(CCc2ccccc2)[C@@H]2CS(=O)(=O)C[C@@H]2N1c1cccc(Cl)c1. The third-order valence-electron chi connectivity index (χ3n) is 5.32. The van der Waals surface area contributed by atoms with E-state index in [1.54, 1.807) is 23.1 Å². The van der Waals surface area contributed by atoms with E-state index in [1.165, 1.54) is 5.56 Å². The zero-order valence-electron chi connectivity index (χ0n) is 14.8. The fraction of sp³-hybridized carbons (Fsp3) is 0.350. The van der Waals surface area contributed by atoms with Gasteiger partial charge in [-0.3, -0.25) is 9.69 Å². The molecular formula is C20H21ClN2O3S. The molecule has 0 aromatic heterocycles. The summed E-state index contributed by atoms with van der Waals surface area (Å²) in [5, 5.41) is 0.532. The van der Waals surface area contributed by atoms with E-state index in [-0.39, 0.29) is 36.0 Å². The molecule has 2 aliphatic rings. The maximum Gasteiger partial charge on any atom is 0.241 e. The number of halogens is 1. The summed E-state index contributed by atoms with van der Waals surface area (Å²) in [5.41, 5.74) is 1.85. The summed E-state index contributed by atoms with van der Waals surface area (Å²) < 4.78 is 24.8. The smallest absolute Gasteiger partial charge is 0.241 e. The Morgan fingerprint density at radius 3 is 2.48 bits per heavy atom. The highest BCUT2D eigenvalue weighted by Gasteiger charge is 2.49. The Balaban J connectivity index is 1.60. The lowest BCUT2D eigenvalue weighted by Gasteiger charge is -2.43. The van der Waals surface area contributed by atoms with Crippen LogP contribution in [0.15, 0.2) is 54.6 Å². The number of rotatable bonds is 4. The summed E-state index contributed by atoms with van der Waals surface area (Å²) in [6.07, 6.45) is 0.786. The van der Waals surface area contributed by atoms with Crippen LogP contribution in [0.3, 0.4) is 0 Å². The second-order valence-electron chi connectivity index (χ2n) is 7.16. The largest absolute Gasteiger partial charge is 0.306 e. The summed E-state index contributed by atoms with van der Waals surface area (Å²) >= 11 is 6.09. The van der Waals surface area contributed by atoms with Gasteiger partial charge in [-0.2, -0.15) is 0 Å². The third-order valence-corrected chi connectivity index (χ3v) is 7.25. The summed E-state index contributed by atoms with van der Waals surface area (Å²) in [4.78, 5) is 16.6. The van der Waals surface area contributed by atoms with Crippen LogP contribution >= 0.6 is 11.6 Å². The number of nitrogens with zero attached hydrogens (tertiary/aromatic N) is 2. The van der Waals surface area contributed by atoms with Crippen molar-refractivity contribution in [3.63, 3.8) is 0 Å². The number of carbonyl (C=O) groups is 1. The number of benzene rings is 2. The minimum absolute atomic E-state index is 0.00223. The van der Waals surface area contributed by atoms with E-state index in [0.29, 0.717) is 17.3 Å². The topological polar surface area (TPSA) is 57.7 Å². The molecule has 2 aliphatic heterocycles. The van der Waals surface area contributed by atoms with Gasteiger partial charge in [0.1, 0.15) is 0 Å². The highest BCUT2D eigenvalue weighted by atomic mass is 35.5. The van der Waals surface area contributed by atoms with Gasteiger partial charge in [0.2, 0.25) is 5.91 Å². The van der Waals surface area contributed by atoms with Crippen molar-refractivity contribution in [2.75, 3.05) is 29.5 Å². The predicted molar refractivity (Wildman–Crippen MR) is 107 cm³/mol. The lowest BCUT2D eigenvalue weighted by molar-refractivity contribution is -0.123. The first-order valence-corrected chi connectivity index (χ1v) is 11.2. The molecule has 142 valence electrons. The van der Waals surface area contributed by atoms with Gasteiger partial charge < -0.3 is 4.90 Å². The van der Waals surface area contributed by atoms with Crippen LogP contribution in [0.5, 0.6) is 0 Å². The maximum absolute atomic E-state index is 12.9. The van der Waals surface area contributed by atoms with E-state index in [1.807, 2.05) is 41.3 Å². The van der Waals surface area contributed by atoms with Crippen molar-refractivity contribution in [1.29, 1.82) is 0 Å². The van der Waals surface area contributed by atoms with E-state index >= 15 is 0 Å². The molecule has 0 radical (unpaired) electrons. The predicted octanol–water partition coefficient (Wildman–Crippen LogP) is 2.40. The molecule has 27 heavy (non-hydrogen) atoms. The van der Waals surface area contributed by atoms with Gasteiger partial charge in [-0.25, -0.2) is 8.42 Å². The van der Waals surface area contributed by atoms with Crippen molar-refractivity contribution in [3.8, 4) is 0 Å². The van der Waals surface area contributed by atoms with Crippen molar-refractivity contribution in [1.82, 2.24) is 4.90 Å². The van der Waals surface area contributed by atoms with Gasteiger partial charge >= 0.3 is 0 Å². The van der Waals surface area contributed by atoms with Crippen molar-refractivity contribution < 1.29 is 13.2 Å². The van der Waals surface area contributed by atoms with Crippen LogP contribution in [-0.2, 0) is 21.1 Å². The van der Waals surface area contributed by atoms with Crippen molar-refractivity contribution in [2.45, 2.75) is 18.5 Å². The van der Waals surface area contributed by atoms with E-state index in [0.717, 1.165) is 6.42 Å². The summed E-state index contributed by atoms with van der Waals surface area (Å²) in [7, 11) is -3.19. The number of anilines is 1. The molecule has 4 rings (SSSR count). The quantitative estimate of drug-likeness (QED) is 0.785. The number of fused-ring (bicyclic) bond motifs is 1. The molecule has 2 atom stereocenters. The van der Waals surface area contributed by atoms with Crippen molar-refractivity contribution in [3.05, 3.63) is 65.2 Å². The maximum atomic E-state index is 12.9. The van der Waals surface area contributed by atoms with Gasteiger partial charge in [-0.15, -0.1) is 0 Å². The Hall–Kier alpha value is -1.89. The van der Waals surface area contributed by atoms with E-state index < -0.39 is 9.84 Å². The fourth-order valence-corrected chi connectivity index (χ4v) is 6.25. The lowest BCUT2D eigenvalue weighted by atomic mass is 10.0. The van der Waals surface area contributed by atoms with Gasteiger partial charge in [-0.1, -0.05) is 48.0 Å². The molecule has 2 aromatic rings. The summed E-state index contributed by atoms with van der Waals surface area (Å²) in [6, 6.07) is 16.5. The van der Waals surface area contributed by atoms with Crippen LogP contribution < -0.4 is 4.90 Å². The number of sulfone groups is 1. The Kier molecular flexibility index (Phi) is 4.97. The molecule has 2 fully saturated rings. The summed E-state index contributed by atoms with van der Waals surface area (Å²) in [6.45, 7) is 0.881. The molecule has 2 saturated heterocycles. The first kappa shape index (κ1) is 18.5. The number of hydrogen-bond donors (Lipinski definition) is 0. The Bertz CT molecular complexity index is 949. The first-order valence-electron chi connectivity index (χ1n) is 8.99. The normalized spacial score (nSPS) is 24.8. The highest BCUT2D eigenvalue weighted by molar-refractivity contribution is 7.91. The van der Waals surface area contributed by atoms with Crippen LogP contribution in [0, 0.1) is 0 Å². The average molecular weight is 405 g/mol. The molecule has 0 saturated carbocycles. The molecule has 5 nitrogen and oxygen atoms in total. The Morgan fingerprint density at radius 2 is 1.74 bits per heavy atom. The molecule has 0 unspecified atom stereocenters. The van der Waals surface area contributed by atoms with Crippen LogP contribution in [0.1, 0.15) is 5.56 Å². The lowest BCUT2D eigenvalue weighted by Crippen LogP contribution is -2.62. The van der Waals surface area contributed by atoms with Crippen LogP contribution in [-0.4, -0.2) is 55.9 Å². The minimum atomic E-state index is -3.19. The molecule has 0 spiro atoms. The summed E-state index contributed by atoms with van der Waals surface area (Å²) in [5.74, 6) is 0.0119. The Labute approximate surface area is 164 Å². The third kappa shape index (κ3) is 3.88. The first-order chi connectivity index (χ1) is 12.9. The zero-order valence-corrected chi connectivity index (χ0v) is 16.4. The molecule has 7 heteroatoms. The second kappa shape index (κ2) is 7.26.